The summed E-state index contributed by atoms with van der Waals surface area (Å²) in [5, 5.41) is 3.26. The van der Waals surface area contributed by atoms with Crippen LogP contribution >= 0.6 is 0 Å². The Morgan fingerprint density at radius 3 is 2.48 bits per heavy atom. The minimum Gasteiger partial charge on any atom is -0.497 e. The molecule has 2 aliphatic rings. The molecule has 5 nitrogen and oxygen atoms in total. The summed E-state index contributed by atoms with van der Waals surface area (Å²) in [4.78, 5) is 26.7. The van der Waals surface area contributed by atoms with Gasteiger partial charge < -0.3 is 10.1 Å². The number of nitrogens with zero attached hydrogens (tertiary/aromatic N) is 1. The van der Waals surface area contributed by atoms with E-state index in [0.29, 0.717) is 11.4 Å². The van der Waals surface area contributed by atoms with Gasteiger partial charge in [0.2, 0.25) is 5.91 Å². The molecule has 144 valence electrons. The number of benzene rings is 3. The molecule has 0 aromatic heterocycles. The largest absolute Gasteiger partial charge is 0.497 e. The summed E-state index contributed by atoms with van der Waals surface area (Å²) in [5.74, 6) is 0.247. The fraction of sp³-hybridized carbons (Fsp3) is 0.167. The second-order valence-electron chi connectivity index (χ2n) is 7.37. The van der Waals surface area contributed by atoms with Crippen LogP contribution in [0.4, 0.5) is 11.4 Å². The summed E-state index contributed by atoms with van der Waals surface area (Å²) in [6, 6.07) is 20.9. The molecule has 1 heterocycles. The zero-order valence-corrected chi connectivity index (χ0v) is 16.0. The first-order chi connectivity index (χ1) is 14.1. The number of rotatable bonds is 4. The zero-order chi connectivity index (χ0) is 20.0. The summed E-state index contributed by atoms with van der Waals surface area (Å²) in [6.07, 6.45) is 1.03. The van der Waals surface area contributed by atoms with Crippen LogP contribution in [-0.2, 0) is 16.0 Å². The molecule has 1 atom stereocenters. The highest BCUT2D eigenvalue weighted by atomic mass is 16.5. The summed E-state index contributed by atoms with van der Waals surface area (Å²) in [6.45, 7) is 0. The molecule has 2 amide bonds. The van der Waals surface area contributed by atoms with Crippen LogP contribution in [0.25, 0.3) is 11.1 Å². The lowest BCUT2D eigenvalue weighted by Crippen LogP contribution is -2.34. The minimum atomic E-state index is -0.563. The van der Waals surface area contributed by atoms with E-state index in [9.17, 15) is 9.59 Å². The molecule has 1 N–H and O–H groups in total. The lowest BCUT2D eigenvalue weighted by molar-refractivity contribution is -0.121. The van der Waals surface area contributed by atoms with Crippen molar-refractivity contribution in [1.29, 1.82) is 0 Å². The lowest BCUT2D eigenvalue weighted by atomic mass is 10.1. The van der Waals surface area contributed by atoms with E-state index in [1.807, 2.05) is 6.07 Å². The Balaban J connectivity index is 1.36. The third-order valence-electron chi connectivity index (χ3n) is 5.61. The highest BCUT2D eigenvalue weighted by molar-refractivity contribution is 6.23. The van der Waals surface area contributed by atoms with Crippen LogP contribution in [0.5, 0.6) is 5.75 Å². The standard InChI is InChI=1S/C24H20N2O3/c1-29-19-9-7-18(8-10-19)26-23(27)14-22(24(26)28)25-17-6-11-21-16(13-17)12-15-4-2-3-5-20(15)21/h2-11,13,22,25H,12,14H2,1H3/t22-/m1/s1. The first-order valence-electron chi connectivity index (χ1n) is 9.62. The number of carbonyl (C=O) groups excluding carboxylic acids is 2. The number of anilines is 2. The first kappa shape index (κ1) is 17.5. The molecular formula is C24H20N2O3. The van der Waals surface area contributed by atoms with Gasteiger partial charge in [-0.25, -0.2) is 4.90 Å². The third kappa shape index (κ3) is 2.95. The highest BCUT2D eigenvalue weighted by Crippen LogP contribution is 2.38. The maximum absolute atomic E-state index is 12.9. The van der Waals surface area contributed by atoms with Gasteiger partial charge in [-0.15, -0.1) is 0 Å². The number of carbonyl (C=O) groups is 2. The van der Waals surface area contributed by atoms with Gasteiger partial charge in [-0.3, -0.25) is 9.59 Å². The normalized spacial score (nSPS) is 17.3. The van der Waals surface area contributed by atoms with E-state index in [1.165, 1.54) is 27.2 Å². The Kier molecular flexibility index (Phi) is 4.09. The number of hydrogen-bond donors (Lipinski definition) is 1. The predicted octanol–water partition coefficient (Wildman–Crippen LogP) is 4.01. The first-order valence-corrected chi connectivity index (χ1v) is 9.62. The molecule has 29 heavy (non-hydrogen) atoms. The highest BCUT2D eigenvalue weighted by Gasteiger charge is 2.39. The number of amides is 2. The molecule has 0 radical (unpaired) electrons. The Hall–Kier alpha value is -3.60. The SMILES string of the molecule is COc1ccc(N2C(=O)C[C@@H](Nc3ccc4c(c3)Cc3ccccc3-4)C2=O)cc1. The molecule has 3 aromatic rings. The molecule has 5 rings (SSSR count). The lowest BCUT2D eigenvalue weighted by Gasteiger charge is -2.17. The van der Waals surface area contributed by atoms with Crippen molar-refractivity contribution >= 4 is 23.2 Å². The van der Waals surface area contributed by atoms with Gasteiger partial charge in [-0.05, 0) is 65.1 Å². The topological polar surface area (TPSA) is 58.6 Å². The smallest absolute Gasteiger partial charge is 0.256 e. The molecule has 1 fully saturated rings. The summed E-state index contributed by atoms with van der Waals surface area (Å²) < 4.78 is 5.14. The quantitative estimate of drug-likeness (QED) is 0.540. The van der Waals surface area contributed by atoms with Crippen molar-refractivity contribution in [2.75, 3.05) is 17.3 Å². The fourth-order valence-corrected chi connectivity index (χ4v) is 4.18. The molecule has 1 saturated heterocycles. The predicted molar refractivity (Wildman–Crippen MR) is 112 cm³/mol. The van der Waals surface area contributed by atoms with E-state index in [-0.39, 0.29) is 18.2 Å². The average Bonchev–Trinajstić information content (AvgIpc) is 3.24. The van der Waals surface area contributed by atoms with Crippen LogP contribution in [0.15, 0.2) is 66.7 Å². The van der Waals surface area contributed by atoms with Crippen molar-refractivity contribution in [2.45, 2.75) is 18.9 Å². The Bertz CT molecular complexity index is 1120. The van der Waals surface area contributed by atoms with Crippen LogP contribution in [0, 0.1) is 0 Å². The monoisotopic (exact) mass is 384 g/mol. The van der Waals surface area contributed by atoms with Gasteiger partial charge in [0.15, 0.2) is 0 Å². The fourth-order valence-electron chi connectivity index (χ4n) is 4.18. The minimum absolute atomic E-state index is 0.141. The second kappa shape index (κ2) is 6.78. The number of ether oxygens (including phenoxy) is 1. The van der Waals surface area contributed by atoms with Crippen molar-refractivity contribution in [3.05, 3.63) is 77.9 Å². The maximum Gasteiger partial charge on any atom is 0.256 e. The molecular weight excluding hydrogens is 364 g/mol. The second-order valence-corrected chi connectivity index (χ2v) is 7.37. The number of fused-ring (bicyclic) bond motifs is 3. The molecule has 1 aliphatic carbocycles. The van der Waals surface area contributed by atoms with Gasteiger partial charge in [-0.1, -0.05) is 30.3 Å². The summed E-state index contributed by atoms with van der Waals surface area (Å²) in [7, 11) is 1.58. The molecule has 0 unspecified atom stereocenters. The van der Waals surface area contributed by atoms with Crippen molar-refractivity contribution in [3.8, 4) is 16.9 Å². The van der Waals surface area contributed by atoms with Crippen LogP contribution in [0.3, 0.4) is 0 Å². The van der Waals surface area contributed by atoms with Crippen molar-refractivity contribution in [1.82, 2.24) is 0 Å². The maximum atomic E-state index is 12.9. The molecule has 1 aliphatic heterocycles. The van der Waals surface area contributed by atoms with Crippen LogP contribution in [-0.4, -0.2) is 25.0 Å². The number of imide groups is 1. The van der Waals surface area contributed by atoms with E-state index in [2.05, 4.69) is 41.7 Å². The van der Waals surface area contributed by atoms with Crippen LogP contribution in [0.1, 0.15) is 17.5 Å². The van der Waals surface area contributed by atoms with E-state index in [0.717, 1.165) is 12.1 Å². The zero-order valence-electron chi connectivity index (χ0n) is 16.0. The van der Waals surface area contributed by atoms with Gasteiger partial charge in [0.25, 0.3) is 5.91 Å². The summed E-state index contributed by atoms with van der Waals surface area (Å²) in [5.41, 5.74) is 6.48. The molecule has 0 saturated carbocycles. The number of nitrogens with one attached hydrogen (secondary N) is 1. The van der Waals surface area contributed by atoms with Gasteiger partial charge in [-0.2, -0.15) is 0 Å². The molecule has 5 heteroatoms. The number of methoxy groups -OCH3 is 1. The Morgan fingerprint density at radius 1 is 0.931 bits per heavy atom. The van der Waals surface area contributed by atoms with Crippen molar-refractivity contribution < 1.29 is 14.3 Å². The average molecular weight is 384 g/mol. The van der Waals surface area contributed by atoms with Crippen LogP contribution < -0.4 is 15.0 Å². The van der Waals surface area contributed by atoms with E-state index >= 15 is 0 Å². The Labute approximate surface area is 168 Å². The van der Waals surface area contributed by atoms with Gasteiger partial charge >= 0.3 is 0 Å². The van der Waals surface area contributed by atoms with Gasteiger partial charge in [0.05, 0.1) is 19.2 Å². The summed E-state index contributed by atoms with van der Waals surface area (Å²) >= 11 is 0. The molecule has 0 spiro atoms. The van der Waals surface area contributed by atoms with E-state index in [4.69, 9.17) is 4.74 Å². The van der Waals surface area contributed by atoms with E-state index in [1.54, 1.807) is 31.4 Å². The van der Waals surface area contributed by atoms with Gasteiger partial charge in [0, 0.05) is 5.69 Å². The third-order valence-corrected chi connectivity index (χ3v) is 5.61. The Morgan fingerprint density at radius 2 is 1.69 bits per heavy atom. The van der Waals surface area contributed by atoms with Crippen LogP contribution in [0.2, 0.25) is 0 Å². The van der Waals surface area contributed by atoms with Crippen molar-refractivity contribution in [2.24, 2.45) is 0 Å². The molecule has 3 aromatic carbocycles. The molecule has 0 bridgehead atoms. The number of hydrogen-bond acceptors (Lipinski definition) is 4. The van der Waals surface area contributed by atoms with Crippen molar-refractivity contribution in [3.63, 3.8) is 0 Å². The van der Waals surface area contributed by atoms with Gasteiger partial charge in [0.1, 0.15) is 11.8 Å². The van der Waals surface area contributed by atoms with E-state index < -0.39 is 6.04 Å².